The molecule has 0 saturated heterocycles. The van der Waals surface area contributed by atoms with E-state index in [0.717, 1.165) is 27.8 Å². The summed E-state index contributed by atoms with van der Waals surface area (Å²) in [7, 11) is 0. The van der Waals surface area contributed by atoms with E-state index in [1.807, 2.05) is 67.6 Å². The fourth-order valence-electron chi connectivity index (χ4n) is 3.74. The van der Waals surface area contributed by atoms with Crippen LogP contribution in [0.4, 0.5) is 0 Å². The first-order valence-electron chi connectivity index (χ1n) is 9.94. The van der Waals surface area contributed by atoms with Crippen LogP contribution >= 0.6 is 0 Å². The number of carbonyl (C=O) groups is 2. The van der Waals surface area contributed by atoms with E-state index in [-0.39, 0.29) is 13.2 Å². The molecule has 0 spiro atoms. The van der Waals surface area contributed by atoms with Crippen LogP contribution in [0, 0.1) is 11.8 Å². The highest BCUT2D eigenvalue weighted by Crippen LogP contribution is 2.42. The van der Waals surface area contributed by atoms with Crippen LogP contribution in [0.5, 0.6) is 0 Å². The third kappa shape index (κ3) is 4.48. The minimum atomic E-state index is -1.05. The second kappa shape index (κ2) is 9.37. The van der Waals surface area contributed by atoms with Gasteiger partial charge in [-0.3, -0.25) is 9.59 Å². The Morgan fingerprint density at radius 1 is 0.897 bits per heavy atom. The first-order chi connectivity index (χ1) is 14.1. The van der Waals surface area contributed by atoms with Crippen LogP contribution in [-0.4, -0.2) is 25.2 Å². The van der Waals surface area contributed by atoms with Gasteiger partial charge >= 0.3 is 11.9 Å². The third-order valence-electron chi connectivity index (χ3n) is 5.01. The standard InChI is InChI=1S/C25H26O4/c1-4-28-24(26)23(25(27)29-5-2)22-15-17(3)19-13-9-10-14-20(19)21(22)16-18-11-7-6-8-12-18/h6-16,22-23H,4-5H2,1-3H3/b21-16+. The second-order valence-electron chi connectivity index (χ2n) is 6.91. The number of rotatable bonds is 6. The summed E-state index contributed by atoms with van der Waals surface area (Å²) in [5.74, 6) is -2.63. The highest BCUT2D eigenvalue weighted by Gasteiger charge is 2.40. The molecule has 0 aliphatic heterocycles. The van der Waals surface area contributed by atoms with Crippen molar-refractivity contribution >= 4 is 29.2 Å². The molecular weight excluding hydrogens is 364 g/mol. The molecule has 0 heterocycles. The average molecular weight is 390 g/mol. The maximum atomic E-state index is 12.8. The Morgan fingerprint density at radius 2 is 1.45 bits per heavy atom. The zero-order valence-electron chi connectivity index (χ0n) is 17.1. The van der Waals surface area contributed by atoms with E-state index in [1.54, 1.807) is 13.8 Å². The van der Waals surface area contributed by atoms with Crippen molar-refractivity contribution in [3.05, 3.63) is 77.4 Å². The number of hydrogen-bond acceptors (Lipinski definition) is 4. The minimum Gasteiger partial charge on any atom is -0.465 e. The number of benzene rings is 2. The maximum absolute atomic E-state index is 12.8. The van der Waals surface area contributed by atoms with E-state index in [9.17, 15) is 9.59 Å². The number of carbonyl (C=O) groups excluding carboxylic acids is 2. The highest BCUT2D eigenvalue weighted by atomic mass is 16.6. The Bertz CT molecular complexity index is 922. The zero-order chi connectivity index (χ0) is 20.8. The van der Waals surface area contributed by atoms with Crippen LogP contribution in [0.2, 0.25) is 0 Å². The molecule has 3 rings (SSSR count). The lowest BCUT2D eigenvalue weighted by atomic mass is 9.74. The van der Waals surface area contributed by atoms with Crippen LogP contribution in [0.25, 0.3) is 17.2 Å². The SMILES string of the molecule is CCOC(=O)C(C(=O)OCC)C1C=C(C)c2ccccc2/C1=C\c1ccccc1. The summed E-state index contributed by atoms with van der Waals surface area (Å²) in [5, 5.41) is 0. The molecule has 0 amide bonds. The summed E-state index contributed by atoms with van der Waals surface area (Å²) in [5.41, 5.74) is 5.04. The fraction of sp³-hybridized carbons (Fsp3) is 0.280. The van der Waals surface area contributed by atoms with E-state index < -0.39 is 23.8 Å². The minimum absolute atomic E-state index is 0.207. The number of fused-ring (bicyclic) bond motifs is 1. The van der Waals surface area contributed by atoms with Gasteiger partial charge in [-0.05, 0) is 48.6 Å². The van der Waals surface area contributed by atoms with Crippen molar-refractivity contribution in [2.45, 2.75) is 20.8 Å². The topological polar surface area (TPSA) is 52.6 Å². The van der Waals surface area contributed by atoms with Crippen LogP contribution in [0.3, 0.4) is 0 Å². The molecular formula is C25H26O4. The lowest BCUT2D eigenvalue weighted by molar-refractivity contribution is -0.162. The van der Waals surface area contributed by atoms with E-state index in [4.69, 9.17) is 9.47 Å². The van der Waals surface area contributed by atoms with Crippen molar-refractivity contribution < 1.29 is 19.1 Å². The van der Waals surface area contributed by atoms with Crippen molar-refractivity contribution in [2.75, 3.05) is 13.2 Å². The van der Waals surface area contributed by atoms with Crippen molar-refractivity contribution in [1.29, 1.82) is 0 Å². The summed E-state index contributed by atoms with van der Waals surface area (Å²) >= 11 is 0. The van der Waals surface area contributed by atoms with Crippen LogP contribution in [0.1, 0.15) is 37.5 Å². The quantitative estimate of drug-likeness (QED) is 0.514. The Balaban J connectivity index is 2.17. The van der Waals surface area contributed by atoms with Crippen LogP contribution < -0.4 is 0 Å². The van der Waals surface area contributed by atoms with Gasteiger partial charge < -0.3 is 9.47 Å². The van der Waals surface area contributed by atoms with Crippen molar-refractivity contribution in [3.63, 3.8) is 0 Å². The Morgan fingerprint density at radius 3 is 2.03 bits per heavy atom. The van der Waals surface area contributed by atoms with Gasteiger partial charge in [0, 0.05) is 5.92 Å². The van der Waals surface area contributed by atoms with E-state index in [2.05, 4.69) is 6.07 Å². The molecule has 4 heteroatoms. The molecule has 0 N–H and O–H groups in total. The smallest absolute Gasteiger partial charge is 0.321 e. The van der Waals surface area contributed by atoms with E-state index >= 15 is 0 Å². The van der Waals surface area contributed by atoms with Gasteiger partial charge in [0.05, 0.1) is 13.2 Å². The van der Waals surface area contributed by atoms with Gasteiger partial charge in [0.2, 0.25) is 0 Å². The van der Waals surface area contributed by atoms with Gasteiger partial charge in [0.1, 0.15) is 0 Å². The fourth-order valence-corrected chi connectivity index (χ4v) is 3.74. The molecule has 1 atom stereocenters. The summed E-state index contributed by atoms with van der Waals surface area (Å²) in [4.78, 5) is 25.6. The van der Waals surface area contributed by atoms with Gasteiger partial charge in [0.15, 0.2) is 5.92 Å². The molecule has 4 nitrogen and oxygen atoms in total. The predicted octanol–water partition coefficient (Wildman–Crippen LogP) is 5.00. The molecule has 0 bridgehead atoms. The molecule has 2 aromatic carbocycles. The van der Waals surface area contributed by atoms with Gasteiger partial charge in [-0.1, -0.05) is 66.7 Å². The largest absolute Gasteiger partial charge is 0.465 e. The van der Waals surface area contributed by atoms with Gasteiger partial charge in [-0.25, -0.2) is 0 Å². The molecule has 0 saturated carbocycles. The number of esters is 2. The van der Waals surface area contributed by atoms with Gasteiger partial charge in [-0.2, -0.15) is 0 Å². The maximum Gasteiger partial charge on any atom is 0.321 e. The molecule has 0 fully saturated rings. The molecule has 29 heavy (non-hydrogen) atoms. The third-order valence-corrected chi connectivity index (χ3v) is 5.01. The van der Waals surface area contributed by atoms with E-state index in [1.165, 1.54) is 0 Å². The Labute approximate surface area is 171 Å². The molecule has 1 aliphatic rings. The van der Waals surface area contributed by atoms with Gasteiger partial charge in [-0.15, -0.1) is 0 Å². The summed E-state index contributed by atoms with van der Waals surface area (Å²) in [6.45, 7) is 5.88. The van der Waals surface area contributed by atoms with Crippen LogP contribution in [-0.2, 0) is 19.1 Å². The first-order valence-corrected chi connectivity index (χ1v) is 9.94. The molecule has 1 unspecified atom stereocenters. The second-order valence-corrected chi connectivity index (χ2v) is 6.91. The highest BCUT2D eigenvalue weighted by molar-refractivity contribution is 6.02. The summed E-state index contributed by atoms with van der Waals surface area (Å²) in [6, 6.07) is 17.9. The Hall–Kier alpha value is -3.14. The van der Waals surface area contributed by atoms with Crippen molar-refractivity contribution in [3.8, 4) is 0 Å². The van der Waals surface area contributed by atoms with E-state index in [0.29, 0.717) is 0 Å². The van der Waals surface area contributed by atoms with Crippen molar-refractivity contribution in [2.24, 2.45) is 11.8 Å². The lowest BCUT2D eigenvalue weighted by Gasteiger charge is -2.30. The molecule has 150 valence electrons. The Kier molecular flexibility index (Phi) is 6.65. The predicted molar refractivity (Wildman–Crippen MR) is 115 cm³/mol. The molecule has 2 aromatic rings. The summed E-state index contributed by atoms with van der Waals surface area (Å²) < 4.78 is 10.5. The number of hydrogen-bond donors (Lipinski definition) is 0. The van der Waals surface area contributed by atoms with Gasteiger partial charge in [0.25, 0.3) is 0 Å². The first kappa shape index (κ1) is 20.6. The summed E-state index contributed by atoms with van der Waals surface area (Å²) in [6.07, 6.45) is 4.02. The number of allylic oxidation sites excluding steroid dienone is 3. The van der Waals surface area contributed by atoms with Crippen molar-refractivity contribution in [1.82, 2.24) is 0 Å². The lowest BCUT2D eigenvalue weighted by Crippen LogP contribution is -2.35. The number of ether oxygens (including phenoxy) is 2. The molecule has 0 aromatic heterocycles. The molecule has 0 radical (unpaired) electrons. The average Bonchev–Trinajstić information content (AvgIpc) is 2.72. The molecule has 1 aliphatic carbocycles. The normalized spacial score (nSPS) is 16.9. The van der Waals surface area contributed by atoms with Crippen LogP contribution in [0.15, 0.2) is 60.7 Å². The zero-order valence-corrected chi connectivity index (χ0v) is 17.1. The monoisotopic (exact) mass is 390 g/mol.